The fourth-order valence-electron chi connectivity index (χ4n) is 7.14. The summed E-state index contributed by atoms with van der Waals surface area (Å²) in [5.74, 6) is 0.145. The van der Waals surface area contributed by atoms with Crippen molar-refractivity contribution in [2.45, 2.75) is 38.3 Å². The van der Waals surface area contributed by atoms with E-state index < -0.39 is 6.23 Å². The second-order valence-corrected chi connectivity index (χ2v) is 12.3. The number of hydroxylamine groups is 1. The Bertz CT molecular complexity index is 1390. The smallest absolute Gasteiger partial charge is 0.263 e. The Labute approximate surface area is 243 Å². The first-order valence-electron chi connectivity index (χ1n) is 14.8. The molecule has 6 heterocycles. The number of nitrogens with zero attached hydrogens (tertiary/aromatic N) is 5. The molecule has 1 atom stereocenters. The van der Waals surface area contributed by atoms with Crippen molar-refractivity contribution in [1.82, 2.24) is 20.3 Å². The van der Waals surface area contributed by atoms with Gasteiger partial charge in [0.1, 0.15) is 5.82 Å². The van der Waals surface area contributed by atoms with Crippen molar-refractivity contribution in [2.24, 2.45) is 11.3 Å². The summed E-state index contributed by atoms with van der Waals surface area (Å²) < 4.78 is 0. The predicted molar refractivity (Wildman–Crippen MR) is 154 cm³/mol. The number of imide groups is 1. The minimum atomic E-state index is -0.779. The lowest BCUT2D eigenvalue weighted by Gasteiger charge is -2.46. The molecular weight excluding hydrogens is 538 g/mol. The number of likely N-dealkylation sites (tertiary alicyclic amines) is 1. The molecule has 0 aliphatic carbocycles. The van der Waals surface area contributed by atoms with Crippen LogP contribution in [0.3, 0.4) is 0 Å². The van der Waals surface area contributed by atoms with Crippen LogP contribution in [0.2, 0.25) is 0 Å². The fourth-order valence-corrected chi connectivity index (χ4v) is 7.14. The molecular formula is C30H35N7O5. The van der Waals surface area contributed by atoms with Crippen LogP contribution in [0.15, 0.2) is 36.5 Å². The molecule has 4 saturated heterocycles. The lowest BCUT2D eigenvalue weighted by Crippen LogP contribution is -2.53. The van der Waals surface area contributed by atoms with Crippen LogP contribution in [0, 0.1) is 11.3 Å². The molecule has 1 spiro atoms. The van der Waals surface area contributed by atoms with Crippen LogP contribution in [0.5, 0.6) is 0 Å². The third-order valence-electron chi connectivity index (χ3n) is 9.63. The van der Waals surface area contributed by atoms with Crippen molar-refractivity contribution in [3.8, 4) is 0 Å². The number of piperidine rings is 1. The van der Waals surface area contributed by atoms with Gasteiger partial charge in [0.2, 0.25) is 12.3 Å². The van der Waals surface area contributed by atoms with Gasteiger partial charge in [-0.1, -0.05) is 0 Å². The van der Waals surface area contributed by atoms with Gasteiger partial charge in [-0.05, 0) is 68.1 Å². The SMILES string of the molecule is O=CNc1ccc(N2CCC3(CCN(CC4CN(c5ccc6c(c5)C(=O)N(C5CCC(=O)NO5)C6=O)C4)CC3)C2)cn1. The van der Waals surface area contributed by atoms with E-state index >= 15 is 0 Å². The van der Waals surface area contributed by atoms with E-state index in [1.165, 1.54) is 19.3 Å². The molecule has 4 amide bonds. The number of aromatic nitrogens is 1. The van der Waals surface area contributed by atoms with Gasteiger partial charge in [-0.3, -0.25) is 19.2 Å². The van der Waals surface area contributed by atoms with E-state index in [1.54, 1.807) is 6.07 Å². The Kier molecular flexibility index (Phi) is 6.82. The average molecular weight is 574 g/mol. The molecule has 1 aromatic heterocycles. The summed E-state index contributed by atoms with van der Waals surface area (Å²) in [6.07, 6.45) is 5.81. The Hall–Kier alpha value is -4.03. The van der Waals surface area contributed by atoms with Crippen LogP contribution >= 0.6 is 0 Å². The Morgan fingerprint density at radius 1 is 0.976 bits per heavy atom. The zero-order valence-corrected chi connectivity index (χ0v) is 23.5. The number of pyridine rings is 1. The van der Waals surface area contributed by atoms with E-state index in [-0.39, 0.29) is 24.1 Å². The Balaban J connectivity index is 0.892. The molecule has 2 aromatic rings. The normalized spacial score (nSPS) is 24.1. The average Bonchev–Trinajstić information content (AvgIpc) is 3.51. The number of amides is 4. The summed E-state index contributed by atoms with van der Waals surface area (Å²) in [6.45, 7) is 7.25. The highest BCUT2D eigenvalue weighted by molar-refractivity contribution is 6.22. The number of hydrogen-bond acceptors (Lipinski definition) is 9. The van der Waals surface area contributed by atoms with Crippen molar-refractivity contribution in [2.75, 3.05) is 60.9 Å². The number of carbonyl (C=O) groups is 4. The molecule has 12 heteroatoms. The van der Waals surface area contributed by atoms with Gasteiger partial charge in [-0.25, -0.2) is 20.2 Å². The zero-order valence-electron chi connectivity index (χ0n) is 23.5. The fraction of sp³-hybridized carbons (Fsp3) is 0.500. The van der Waals surface area contributed by atoms with Gasteiger partial charge in [-0.2, -0.15) is 0 Å². The monoisotopic (exact) mass is 573 g/mol. The first-order valence-corrected chi connectivity index (χ1v) is 14.8. The van der Waals surface area contributed by atoms with Gasteiger partial charge >= 0.3 is 0 Å². The maximum Gasteiger partial charge on any atom is 0.263 e. The van der Waals surface area contributed by atoms with Gasteiger partial charge < -0.3 is 20.0 Å². The molecule has 1 unspecified atom stereocenters. The Morgan fingerprint density at radius 2 is 1.74 bits per heavy atom. The quantitative estimate of drug-likeness (QED) is 0.377. The third-order valence-corrected chi connectivity index (χ3v) is 9.63. The molecule has 5 aliphatic heterocycles. The zero-order chi connectivity index (χ0) is 28.8. The summed E-state index contributed by atoms with van der Waals surface area (Å²) in [5, 5.41) is 2.59. The molecule has 2 N–H and O–H groups in total. The van der Waals surface area contributed by atoms with E-state index in [1.807, 2.05) is 30.5 Å². The van der Waals surface area contributed by atoms with Gasteiger partial charge in [-0.15, -0.1) is 0 Å². The summed E-state index contributed by atoms with van der Waals surface area (Å²) in [5.41, 5.74) is 5.49. The number of hydrogen-bond donors (Lipinski definition) is 2. The van der Waals surface area contributed by atoms with Crippen molar-refractivity contribution in [3.05, 3.63) is 47.7 Å². The molecule has 42 heavy (non-hydrogen) atoms. The van der Waals surface area contributed by atoms with Crippen LogP contribution in [0.25, 0.3) is 0 Å². The maximum absolute atomic E-state index is 13.1. The van der Waals surface area contributed by atoms with Crippen molar-refractivity contribution < 1.29 is 24.0 Å². The second-order valence-electron chi connectivity index (χ2n) is 12.3. The van der Waals surface area contributed by atoms with Gasteiger partial charge in [0.05, 0.1) is 23.0 Å². The van der Waals surface area contributed by atoms with Crippen molar-refractivity contribution in [1.29, 1.82) is 0 Å². The largest absolute Gasteiger partial charge is 0.371 e. The molecule has 7 rings (SSSR count). The second kappa shape index (κ2) is 10.7. The molecule has 220 valence electrons. The molecule has 0 bridgehead atoms. The number of rotatable bonds is 7. The standard InChI is InChI=1S/C30H35N7O5/c38-19-32-25-4-2-22(14-31-25)35-12-9-30(18-35)7-10-34(11-8-30)15-20-16-36(17-20)21-1-3-23-24(13-21)29(41)37(28(23)40)27-6-5-26(39)33-42-27/h1-4,13-14,19-20,27H,5-12,15-18H2,(H,33,39)(H,31,32,38). The van der Waals surface area contributed by atoms with E-state index in [2.05, 4.69) is 30.5 Å². The van der Waals surface area contributed by atoms with E-state index in [9.17, 15) is 19.2 Å². The number of benzene rings is 1. The summed E-state index contributed by atoms with van der Waals surface area (Å²) >= 11 is 0. The Morgan fingerprint density at radius 3 is 2.45 bits per heavy atom. The lowest BCUT2D eigenvalue weighted by molar-refractivity contribution is -0.158. The first-order chi connectivity index (χ1) is 20.4. The highest BCUT2D eigenvalue weighted by Gasteiger charge is 2.44. The third kappa shape index (κ3) is 4.88. The molecule has 0 radical (unpaired) electrons. The lowest BCUT2D eigenvalue weighted by atomic mass is 9.77. The van der Waals surface area contributed by atoms with Crippen LogP contribution in [-0.2, 0) is 14.4 Å². The van der Waals surface area contributed by atoms with Gasteiger partial charge in [0, 0.05) is 57.2 Å². The number of anilines is 3. The molecule has 4 fully saturated rings. The van der Waals surface area contributed by atoms with E-state index in [0.29, 0.717) is 41.1 Å². The number of fused-ring (bicyclic) bond motifs is 1. The van der Waals surface area contributed by atoms with Crippen LogP contribution < -0.4 is 20.6 Å². The summed E-state index contributed by atoms with van der Waals surface area (Å²) in [4.78, 5) is 66.1. The molecule has 1 aromatic carbocycles. The number of nitrogens with one attached hydrogen (secondary N) is 2. The van der Waals surface area contributed by atoms with Crippen molar-refractivity contribution >= 4 is 41.3 Å². The predicted octanol–water partition coefficient (Wildman–Crippen LogP) is 1.84. The maximum atomic E-state index is 13.1. The van der Waals surface area contributed by atoms with E-state index in [4.69, 9.17) is 4.84 Å². The number of carbonyl (C=O) groups excluding carboxylic acids is 4. The molecule has 12 nitrogen and oxygen atoms in total. The van der Waals surface area contributed by atoms with Gasteiger partial charge in [0.15, 0.2) is 6.23 Å². The molecule has 5 aliphatic rings. The van der Waals surface area contributed by atoms with Crippen LogP contribution in [-0.4, -0.2) is 91.0 Å². The highest BCUT2D eigenvalue weighted by atomic mass is 16.7. The first kappa shape index (κ1) is 26.8. The van der Waals surface area contributed by atoms with Crippen LogP contribution in [0.4, 0.5) is 17.2 Å². The van der Waals surface area contributed by atoms with E-state index in [0.717, 1.165) is 62.1 Å². The summed E-state index contributed by atoms with van der Waals surface area (Å²) in [6, 6.07) is 9.37. The minimum absolute atomic E-state index is 0.212. The topological polar surface area (TPSA) is 127 Å². The van der Waals surface area contributed by atoms with Crippen LogP contribution in [0.1, 0.15) is 52.8 Å². The van der Waals surface area contributed by atoms with Crippen molar-refractivity contribution in [3.63, 3.8) is 0 Å². The summed E-state index contributed by atoms with van der Waals surface area (Å²) in [7, 11) is 0. The van der Waals surface area contributed by atoms with Gasteiger partial charge in [0.25, 0.3) is 11.8 Å². The minimum Gasteiger partial charge on any atom is -0.371 e. The molecule has 0 saturated carbocycles. The highest BCUT2D eigenvalue weighted by Crippen LogP contribution is 2.42.